The smallest absolute Gasteiger partial charge is 0.191 e. The molecular weight excluding hydrogens is 474 g/mol. The molecule has 2 aromatic rings. The highest BCUT2D eigenvalue weighted by Gasteiger charge is 2.11. The number of hydrogen-bond acceptors (Lipinski definition) is 3. The van der Waals surface area contributed by atoms with E-state index in [9.17, 15) is 0 Å². The molecular formula is C17H23Cl2IN4O. The van der Waals surface area contributed by atoms with Gasteiger partial charge in [0.25, 0.3) is 0 Å². The van der Waals surface area contributed by atoms with E-state index in [1.54, 1.807) is 13.1 Å². The minimum Gasteiger partial charge on any atom is -0.361 e. The van der Waals surface area contributed by atoms with E-state index in [-0.39, 0.29) is 30.0 Å². The Bertz CT molecular complexity index is 714. The average molecular weight is 497 g/mol. The molecule has 0 bridgehead atoms. The number of guanidine groups is 1. The van der Waals surface area contributed by atoms with Crippen molar-refractivity contribution in [2.45, 2.75) is 33.2 Å². The molecule has 2 N–H and O–H groups in total. The van der Waals surface area contributed by atoms with Gasteiger partial charge in [-0.15, -0.1) is 24.0 Å². The van der Waals surface area contributed by atoms with Crippen LogP contribution in [0.15, 0.2) is 27.7 Å². The highest BCUT2D eigenvalue weighted by molar-refractivity contribution is 14.0. The molecule has 25 heavy (non-hydrogen) atoms. The summed E-state index contributed by atoms with van der Waals surface area (Å²) < 4.78 is 5.18. The number of aliphatic imine (C=N–C) groups is 1. The minimum atomic E-state index is 0. The third-order valence-electron chi connectivity index (χ3n) is 3.87. The van der Waals surface area contributed by atoms with Gasteiger partial charge in [0.1, 0.15) is 5.76 Å². The summed E-state index contributed by atoms with van der Waals surface area (Å²) in [5, 5.41) is 11.7. The van der Waals surface area contributed by atoms with Crippen molar-refractivity contribution in [1.29, 1.82) is 0 Å². The van der Waals surface area contributed by atoms with Crippen molar-refractivity contribution < 1.29 is 4.52 Å². The lowest BCUT2D eigenvalue weighted by Gasteiger charge is -2.18. The number of aryl methyl sites for hydroxylation is 2. The second-order valence-corrected chi connectivity index (χ2v) is 6.41. The van der Waals surface area contributed by atoms with Crippen LogP contribution in [-0.2, 0) is 6.42 Å². The molecule has 0 aliphatic carbocycles. The molecule has 2 rings (SSSR count). The Hall–Kier alpha value is -0.990. The van der Waals surface area contributed by atoms with Crippen molar-refractivity contribution in [3.05, 3.63) is 50.8 Å². The first-order chi connectivity index (χ1) is 11.4. The molecule has 0 amide bonds. The van der Waals surface area contributed by atoms with Crippen molar-refractivity contribution >= 4 is 53.1 Å². The molecule has 1 aromatic carbocycles. The lowest BCUT2D eigenvalue weighted by atomic mass is 10.1. The SMILES string of the molecule is CN=C(NCCc1c(C)noc1C)NC(C)c1ccc(Cl)c(Cl)c1.I. The predicted octanol–water partition coefficient (Wildman–Crippen LogP) is 4.68. The summed E-state index contributed by atoms with van der Waals surface area (Å²) in [6.07, 6.45) is 0.822. The van der Waals surface area contributed by atoms with Gasteiger partial charge in [0.15, 0.2) is 5.96 Å². The van der Waals surface area contributed by atoms with Gasteiger partial charge in [-0.25, -0.2) is 0 Å². The molecule has 1 atom stereocenters. The standard InChI is InChI=1S/C17H22Cl2N4O.HI/c1-10(13-5-6-15(18)16(19)9-13)22-17(20-4)21-8-7-14-11(2)23-24-12(14)3;/h5-6,9-10H,7-8H2,1-4H3,(H2,20,21,22);1H. The maximum absolute atomic E-state index is 6.08. The summed E-state index contributed by atoms with van der Waals surface area (Å²) in [5.41, 5.74) is 3.11. The first-order valence-corrected chi connectivity index (χ1v) is 8.51. The Kier molecular flexibility index (Phi) is 9.02. The van der Waals surface area contributed by atoms with Gasteiger partial charge < -0.3 is 15.2 Å². The first-order valence-electron chi connectivity index (χ1n) is 7.76. The fraction of sp³-hybridized carbons (Fsp3) is 0.412. The molecule has 0 aliphatic rings. The van der Waals surface area contributed by atoms with Crippen molar-refractivity contribution in [3.8, 4) is 0 Å². The number of hydrogen-bond donors (Lipinski definition) is 2. The lowest BCUT2D eigenvalue weighted by molar-refractivity contribution is 0.392. The molecule has 0 fully saturated rings. The van der Waals surface area contributed by atoms with Crippen LogP contribution in [0, 0.1) is 13.8 Å². The van der Waals surface area contributed by atoms with E-state index in [0.29, 0.717) is 10.0 Å². The summed E-state index contributed by atoms with van der Waals surface area (Å²) in [4.78, 5) is 4.25. The molecule has 0 aliphatic heterocycles. The van der Waals surface area contributed by atoms with E-state index in [1.165, 1.54) is 0 Å². The maximum atomic E-state index is 6.08. The topological polar surface area (TPSA) is 62.5 Å². The Balaban J connectivity index is 0.00000312. The summed E-state index contributed by atoms with van der Waals surface area (Å²) in [7, 11) is 1.74. The zero-order chi connectivity index (χ0) is 17.7. The summed E-state index contributed by atoms with van der Waals surface area (Å²) >= 11 is 12.0. The van der Waals surface area contributed by atoms with Crippen LogP contribution in [0.5, 0.6) is 0 Å². The number of nitrogens with zero attached hydrogens (tertiary/aromatic N) is 2. The Morgan fingerprint density at radius 3 is 2.56 bits per heavy atom. The maximum Gasteiger partial charge on any atom is 0.191 e. The zero-order valence-corrected chi connectivity index (χ0v) is 18.5. The fourth-order valence-electron chi connectivity index (χ4n) is 2.43. The molecule has 0 saturated heterocycles. The molecule has 1 aromatic heterocycles. The number of benzene rings is 1. The van der Waals surface area contributed by atoms with Gasteiger partial charge in [-0.05, 0) is 44.9 Å². The van der Waals surface area contributed by atoms with Crippen LogP contribution in [0.1, 0.15) is 35.5 Å². The number of aromatic nitrogens is 1. The first kappa shape index (κ1) is 22.1. The van der Waals surface area contributed by atoms with Crippen LogP contribution in [0.3, 0.4) is 0 Å². The van der Waals surface area contributed by atoms with Crippen LogP contribution in [0.2, 0.25) is 10.0 Å². The van der Waals surface area contributed by atoms with E-state index < -0.39 is 0 Å². The Labute approximate surface area is 175 Å². The summed E-state index contributed by atoms with van der Waals surface area (Å²) in [5.74, 6) is 1.58. The van der Waals surface area contributed by atoms with E-state index in [2.05, 4.69) is 20.8 Å². The van der Waals surface area contributed by atoms with E-state index in [4.69, 9.17) is 27.7 Å². The van der Waals surface area contributed by atoms with Gasteiger partial charge >= 0.3 is 0 Å². The number of nitrogens with one attached hydrogen (secondary N) is 2. The van der Waals surface area contributed by atoms with Crippen molar-refractivity contribution in [1.82, 2.24) is 15.8 Å². The third kappa shape index (κ3) is 6.04. The molecule has 5 nitrogen and oxygen atoms in total. The van der Waals surface area contributed by atoms with Crippen molar-refractivity contribution in [2.24, 2.45) is 4.99 Å². The van der Waals surface area contributed by atoms with Crippen LogP contribution < -0.4 is 10.6 Å². The number of halogens is 3. The normalized spacial score (nSPS) is 12.5. The molecule has 138 valence electrons. The minimum absolute atomic E-state index is 0. The monoisotopic (exact) mass is 496 g/mol. The lowest BCUT2D eigenvalue weighted by Crippen LogP contribution is -2.39. The number of rotatable bonds is 5. The summed E-state index contributed by atoms with van der Waals surface area (Å²) in [6.45, 7) is 6.65. The van der Waals surface area contributed by atoms with E-state index >= 15 is 0 Å². The largest absolute Gasteiger partial charge is 0.361 e. The molecule has 1 heterocycles. The van der Waals surface area contributed by atoms with Gasteiger partial charge in [-0.1, -0.05) is 34.4 Å². The van der Waals surface area contributed by atoms with Crippen LogP contribution in [0.4, 0.5) is 0 Å². The molecule has 8 heteroatoms. The van der Waals surface area contributed by atoms with Crippen molar-refractivity contribution in [3.63, 3.8) is 0 Å². The van der Waals surface area contributed by atoms with Crippen molar-refractivity contribution in [2.75, 3.05) is 13.6 Å². The highest BCUT2D eigenvalue weighted by atomic mass is 127. The van der Waals surface area contributed by atoms with Crippen LogP contribution >= 0.6 is 47.2 Å². The van der Waals surface area contributed by atoms with Gasteiger partial charge in [0.05, 0.1) is 21.8 Å². The molecule has 0 saturated carbocycles. The van der Waals surface area contributed by atoms with Gasteiger partial charge in [0, 0.05) is 19.2 Å². The molecule has 1 unspecified atom stereocenters. The van der Waals surface area contributed by atoms with E-state index in [1.807, 2.05) is 32.9 Å². The average Bonchev–Trinajstić information content (AvgIpc) is 2.88. The predicted molar refractivity (Wildman–Crippen MR) is 114 cm³/mol. The second-order valence-electron chi connectivity index (χ2n) is 5.59. The van der Waals surface area contributed by atoms with Crippen LogP contribution in [0.25, 0.3) is 0 Å². The van der Waals surface area contributed by atoms with E-state index in [0.717, 1.165) is 41.5 Å². The Morgan fingerprint density at radius 1 is 1.28 bits per heavy atom. The van der Waals surface area contributed by atoms with Gasteiger partial charge in [-0.3, -0.25) is 4.99 Å². The fourth-order valence-corrected chi connectivity index (χ4v) is 2.74. The van der Waals surface area contributed by atoms with Crippen LogP contribution in [-0.4, -0.2) is 24.7 Å². The second kappa shape index (κ2) is 10.2. The molecule has 0 spiro atoms. The zero-order valence-electron chi connectivity index (χ0n) is 14.7. The Morgan fingerprint density at radius 2 is 2.00 bits per heavy atom. The van der Waals surface area contributed by atoms with Gasteiger partial charge in [-0.2, -0.15) is 0 Å². The van der Waals surface area contributed by atoms with Gasteiger partial charge in [0.2, 0.25) is 0 Å². The quantitative estimate of drug-likeness (QED) is 0.358. The summed E-state index contributed by atoms with van der Waals surface area (Å²) in [6, 6.07) is 5.65. The molecule has 0 radical (unpaired) electrons. The third-order valence-corrected chi connectivity index (χ3v) is 4.61. The highest BCUT2D eigenvalue weighted by Crippen LogP contribution is 2.25.